The summed E-state index contributed by atoms with van der Waals surface area (Å²) in [5.74, 6) is -0.866. The summed E-state index contributed by atoms with van der Waals surface area (Å²) in [7, 11) is 0. The van der Waals surface area contributed by atoms with Gasteiger partial charge in [0.1, 0.15) is 5.56 Å². The SMILES string of the molecule is Cc1ccccc1C(=O)Nc1cccc(NC(=O)c2ccccc2[N+](=O)[O-])c1. The predicted molar refractivity (Wildman–Crippen MR) is 107 cm³/mol. The lowest BCUT2D eigenvalue weighted by Gasteiger charge is -2.10. The zero-order valence-electron chi connectivity index (χ0n) is 15.0. The van der Waals surface area contributed by atoms with E-state index in [1.54, 1.807) is 42.5 Å². The van der Waals surface area contributed by atoms with Crippen LogP contribution in [0.2, 0.25) is 0 Å². The van der Waals surface area contributed by atoms with Crippen molar-refractivity contribution in [3.05, 3.63) is 99.6 Å². The summed E-state index contributed by atoms with van der Waals surface area (Å²) in [6.45, 7) is 1.85. The number of nitro benzene ring substituents is 1. The van der Waals surface area contributed by atoms with E-state index in [4.69, 9.17) is 0 Å². The first kappa shape index (κ1) is 18.8. The third kappa shape index (κ3) is 4.21. The summed E-state index contributed by atoms with van der Waals surface area (Å²) in [6.07, 6.45) is 0. The molecule has 2 N–H and O–H groups in total. The van der Waals surface area contributed by atoms with Gasteiger partial charge in [-0.05, 0) is 42.8 Å². The Balaban J connectivity index is 1.77. The van der Waals surface area contributed by atoms with Crippen molar-refractivity contribution in [2.75, 3.05) is 10.6 Å². The van der Waals surface area contributed by atoms with E-state index < -0.39 is 10.8 Å². The van der Waals surface area contributed by atoms with Gasteiger partial charge in [0.15, 0.2) is 0 Å². The van der Waals surface area contributed by atoms with Gasteiger partial charge in [-0.1, -0.05) is 36.4 Å². The van der Waals surface area contributed by atoms with Crippen molar-refractivity contribution >= 4 is 28.9 Å². The number of nitrogens with one attached hydrogen (secondary N) is 2. The molecule has 0 saturated heterocycles. The summed E-state index contributed by atoms with van der Waals surface area (Å²) in [5, 5.41) is 16.5. The van der Waals surface area contributed by atoms with Crippen molar-refractivity contribution in [2.24, 2.45) is 0 Å². The number of nitro groups is 1. The quantitative estimate of drug-likeness (QED) is 0.509. The van der Waals surface area contributed by atoms with E-state index in [0.717, 1.165) is 5.56 Å². The minimum Gasteiger partial charge on any atom is -0.322 e. The molecule has 0 heterocycles. The average molecular weight is 375 g/mol. The molecule has 7 heteroatoms. The van der Waals surface area contributed by atoms with Crippen LogP contribution in [0, 0.1) is 17.0 Å². The topological polar surface area (TPSA) is 101 Å². The fourth-order valence-electron chi connectivity index (χ4n) is 2.72. The van der Waals surface area contributed by atoms with Crippen LogP contribution in [0.3, 0.4) is 0 Å². The van der Waals surface area contributed by atoms with E-state index in [2.05, 4.69) is 10.6 Å². The van der Waals surface area contributed by atoms with Gasteiger partial charge in [-0.3, -0.25) is 19.7 Å². The lowest BCUT2D eigenvalue weighted by Crippen LogP contribution is -2.15. The number of carbonyl (C=O) groups excluding carboxylic acids is 2. The first-order valence-corrected chi connectivity index (χ1v) is 8.47. The zero-order chi connectivity index (χ0) is 20.1. The van der Waals surface area contributed by atoms with Gasteiger partial charge in [0, 0.05) is 23.0 Å². The van der Waals surface area contributed by atoms with Crippen LogP contribution in [0.5, 0.6) is 0 Å². The molecule has 140 valence electrons. The maximum atomic E-state index is 12.4. The molecule has 0 saturated carbocycles. The van der Waals surface area contributed by atoms with Crippen molar-refractivity contribution in [3.8, 4) is 0 Å². The zero-order valence-corrected chi connectivity index (χ0v) is 15.0. The van der Waals surface area contributed by atoms with Crippen LogP contribution in [-0.4, -0.2) is 16.7 Å². The lowest BCUT2D eigenvalue weighted by atomic mass is 10.1. The van der Waals surface area contributed by atoms with Crippen molar-refractivity contribution in [2.45, 2.75) is 6.92 Å². The van der Waals surface area contributed by atoms with Crippen molar-refractivity contribution in [1.82, 2.24) is 0 Å². The summed E-state index contributed by atoms with van der Waals surface area (Å²) < 4.78 is 0. The molecule has 0 aliphatic rings. The number of aryl methyl sites for hydroxylation is 1. The van der Waals surface area contributed by atoms with Gasteiger partial charge in [-0.25, -0.2) is 0 Å². The second kappa shape index (κ2) is 8.13. The van der Waals surface area contributed by atoms with Gasteiger partial charge >= 0.3 is 0 Å². The highest BCUT2D eigenvalue weighted by Crippen LogP contribution is 2.21. The monoisotopic (exact) mass is 375 g/mol. The number of carbonyl (C=O) groups is 2. The highest BCUT2D eigenvalue weighted by atomic mass is 16.6. The highest BCUT2D eigenvalue weighted by molar-refractivity contribution is 6.08. The van der Waals surface area contributed by atoms with Crippen LogP contribution >= 0.6 is 0 Å². The number of rotatable bonds is 5. The number of benzene rings is 3. The molecule has 2 amide bonds. The maximum absolute atomic E-state index is 12.4. The number of hydrogen-bond acceptors (Lipinski definition) is 4. The summed E-state index contributed by atoms with van der Waals surface area (Å²) in [6, 6.07) is 19.5. The lowest BCUT2D eigenvalue weighted by molar-refractivity contribution is -0.385. The Labute approximate surface area is 161 Å². The average Bonchev–Trinajstić information content (AvgIpc) is 2.68. The van der Waals surface area contributed by atoms with Gasteiger partial charge in [-0.2, -0.15) is 0 Å². The van der Waals surface area contributed by atoms with Crippen LogP contribution in [0.1, 0.15) is 26.3 Å². The number of amides is 2. The van der Waals surface area contributed by atoms with E-state index in [1.165, 1.54) is 18.2 Å². The van der Waals surface area contributed by atoms with Crippen LogP contribution in [0.15, 0.2) is 72.8 Å². The Morgan fingerprint density at radius 1 is 0.786 bits per heavy atom. The third-order valence-corrected chi connectivity index (χ3v) is 4.11. The number of anilines is 2. The summed E-state index contributed by atoms with van der Waals surface area (Å²) >= 11 is 0. The Kier molecular flexibility index (Phi) is 5.45. The van der Waals surface area contributed by atoms with E-state index in [9.17, 15) is 19.7 Å². The standard InChI is InChI=1S/C21H17N3O4/c1-14-7-2-3-10-17(14)20(25)22-15-8-6-9-16(13-15)23-21(26)18-11-4-5-12-19(18)24(27)28/h2-13H,1H3,(H,22,25)(H,23,26). The second-order valence-electron chi connectivity index (χ2n) is 6.08. The van der Waals surface area contributed by atoms with Gasteiger partial charge in [0.2, 0.25) is 0 Å². The van der Waals surface area contributed by atoms with E-state index in [1.807, 2.05) is 19.1 Å². The van der Waals surface area contributed by atoms with E-state index >= 15 is 0 Å². The molecule has 28 heavy (non-hydrogen) atoms. The third-order valence-electron chi connectivity index (χ3n) is 4.11. The Hall–Kier alpha value is -4.00. The van der Waals surface area contributed by atoms with Gasteiger partial charge in [0.05, 0.1) is 4.92 Å². The van der Waals surface area contributed by atoms with Crippen LogP contribution < -0.4 is 10.6 Å². The molecule has 0 aliphatic carbocycles. The van der Waals surface area contributed by atoms with Crippen LogP contribution in [-0.2, 0) is 0 Å². The molecular formula is C21H17N3O4. The maximum Gasteiger partial charge on any atom is 0.282 e. The molecule has 0 fully saturated rings. The van der Waals surface area contributed by atoms with E-state index in [-0.39, 0.29) is 17.2 Å². The van der Waals surface area contributed by atoms with Crippen molar-refractivity contribution in [3.63, 3.8) is 0 Å². The molecule has 0 spiro atoms. The molecule has 0 aliphatic heterocycles. The largest absolute Gasteiger partial charge is 0.322 e. The molecule has 7 nitrogen and oxygen atoms in total. The fraction of sp³-hybridized carbons (Fsp3) is 0.0476. The minimum absolute atomic E-state index is 0.0400. The van der Waals surface area contributed by atoms with Crippen LogP contribution in [0.25, 0.3) is 0 Å². The molecule has 0 atom stereocenters. The van der Waals surface area contributed by atoms with Crippen LogP contribution in [0.4, 0.5) is 17.1 Å². The number of hydrogen-bond donors (Lipinski definition) is 2. The van der Waals surface area contributed by atoms with Gasteiger partial charge in [-0.15, -0.1) is 0 Å². The fourth-order valence-corrected chi connectivity index (χ4v) is 2.72. The van der Waals surface area contributed by atoms with Crippen molar-refractivity contribution < 1.29 is 14.5 Å². The molecule has 0 radical (unpaired) electrons. The molecule has 3 aromatic rings. The summed E-state index contributed by atoms with van der Waals surface area (Å²) in [5.41, 5.74) is 1.99. The predicted octanol–water partition coefficient (Wildman–Crippen LogP) is 4.41. The molecule has 3 rings (SSSR count). The Bertz CT molecular complexity index is 1060. The van der Waals surface area contributed by atoms with Crippen molar-refractivity contribution in [1.29, 1.82) is 0 Å². The summed E-state index contributed by atoms with van der Waals surface area (Å²) in [4.78, 5) is 35.4. The molecule has 0 unspecified atom stereocenters. The Morgan fingerprint density at radius 2 is 1.32 bits per heavy atom. The highest BCUT2D eigenvalue weighted by Gasteiger charge is 2.19. The smallest absolute Gasteiger partial charge is 0.282 e. The number of nitrogens with zero attached hydrogens (tertiary/aromatic N) is 1. The molecule has 0 bridgehead atoms. The molecule has 0 aromatic heterocycles. The first-order chi connectivity index (χ1) is 13.5. The van der Waals surface area contributed by atoms with Gasteiger partial charge < -0.3 is 10.6 Å². The normalized spacial score (nSPS) is 10.2. The first-order valence-electron chi connectivity index (χ1n) is 8.47. The minimum atomic E-state index is -0.603. The van der Waals surface area contributed by atoms with E-state index in [0.29, 0.717) is 16.9 Å². The number of para-hydroxylation sites is 1. The van der Waals surface area contributed by atoms with Gasteiger partial charge in [0.25, 0.3) is 17.5 Å². The molecule has 3 aromatic carbocycles. The second-order valence-corrected chi connectivity index (χ2v) is 6.08. The molecular weight excluding hydrogens is 358 g/mol. The Morgan fingerprint density at radius 3 is 1.93 bits per heavy atom.